The third-order valence-electron chi connectivity index (χ3n) is 4.01. The van der Waals surface area contributed by atoms with E-state index in [1.54, 1.807) is 11.8 Å². The van der Waals surface area contributed by atoms with Crippen molar-refractivity contribution < 1.29 is 19.3 Å². The number of hydrogen-bond donors (Lipinski definition) is 1. The second kappa shape index (κ2) is 4.90. The van der Waals surface area contributed by atoms with Gasteiger partial charge in [-0.3, -0.25) is 4.79 Å². The minimum atomic E-state index is -0.157. The van der Waals surface area contributed by atoms with Crippen molar-refractivity contribution in [1.29, 1.82) is 0 Å². The number of aromatic nitrogens is 2. The number of amides is 1. The van der Waals surface area contributed by atoms with E-state index in [1.807, 2.05) is 0 Å². The molecule has 0 radical (unpaired) electrons. The van der Waals surface area contributed by atoms with Gasteiger partial charge in [0.1, 0.15) is 5.69 Å². The first-order chi connectivity index (χ1) is 9.20. The van der Waals surface area contributed by atoms with E-state index in [0.717, 1.165) is 12.8 Å². The van der Waals surface area contributed by atoms with Gasteiger partial charge in [-0.25, -0.2) is 4.63 Å². The molecule has 7 nitrogen and oxygen atoms in total. The summed E-state index contributed by atoms with van der Waals surface area (Å²) in [6.45, 7) is 2.91. The summed E-state index contributed by atoms with van der Waals surface area (Å²) in [6.07, 6.45) is 1.60. The smallest absolute Gasteiger partial charge is 0.278 e. The molecule has 0 aromatic carbocycles. The molecule has 19 heavy (non-hydrogen) atoms. The lowest BCUT2D eigenvalue weighted by Gasteiger charge is -2.37. The zero-order valence-electron chi connectivity index (χ0n) is 10.8. The molecule has 104 valence electrons. The molecule has 2 heterocycles. The lowest BCUT2D eigenvalue weighted by molar-refractivity contribution is -0.0452. The molecule has 2 fully saturated rings. The number of aryl methyl sites for hydroxylation is 1. The topological polar surface area (TPSA) is 88.7 Å². The summed E-state index contributed by atoms with van der Waals surface area (Å²) in [7, 11) is 0. The highest BCUT2D eigenvalue weighted by Crippen LogP contribution is 2.34. The van der Waals surface area contributed by atoms with Crippen molar-refractivity contribution in [3.8, 4) is 0 Å². The predicted molar refractivity (Wildman–Crippen MR) is 63.4 cm³/mol. The van der Waals surface area contributed by atoms with Crippen LogP contribution in [0.25, 0.3) is 0 Å². The Morgan fingerprint density at radius 2 is 2.32 bits per heavy atom. The van der Waals surface area contributed by atoms with Crippen LogP contribution in [0.5, 0.6) is 0 Å². The van der Waals surface area contributed by atoms with Gasteiger partial charge >= 0.3 is 0 Å². The van der Waals surface area contributed by atoms with Crippen LogP contribution in [-0.4, -0.2) is 58.1 Å². The Balaban J connectivity index is 1.80. The van der Waals surface area contributed by atoms with Crippen LogP contribution in [-0.2, 0) is 4.74 Å². The number of hydrogen-bond acceptors (Lipinski definition) is 6. The van der Waals surface area contributed by atoms with E-state index >= 15 is 0 Å². The largest absolute Gasteiger partial charge is 0.396 e. The number of carbonyl (C=O) groups is 1. The fourth-order valence-electron chi connectivity index (χ4n) is 3.01. The van der Waals surface area contributed by atoms with Gasteiger partial charge in [-0.05, 0) is 30.8 Å². The molecule has 2 aliphatic rings. The first-order valence-corrected chi connectivity index (χ1v) is 6.53. The predicted octanol–water partition coefficient (Wildman–Crippen LogP) is -0.0101. The Kier molecular flexibility index (Phi) is 3.24. The summed E-state index contributed by atoms with van der Waals surface area (Å²) in [5, 5.41) is 16.6. The van der Waals surface area contributed by atoms with Crippen LogP contribution in [0, 0.1) is 12.8 Å². The van der Waals surface area contributed by atoms with E-state index in [4.69, 9.17) is 4.74 Å². The average molecular weight is 267 g/mol. The van der Waals surface area contributed by atoms with Crippen LogP contribution < -0.4 is 0 Å². The van der Waals surface area contributed by atoms with Gasteiger partial charge in [0, 0.05) is 13.2 Å². The second-order valence-corrected chi connectivity index (χ2v) is 5.19. The van der Waals surface area contributed by atoms with Crippen molar-refractivity contribution in [3.63, 3.8) is 0 Å². The lowest BCUT2D eigenvalue weighted by Crippen LogP contribution is -2.51. The number of carbonyl (C=O) groups excluding carboxylic acids is 1. The Labute approximate surface area is 110 Å². The molecule has 3 atom stereocenters. The SMILES string of the molecule is Cc1nonc1C(=O)N1CCO[C@H]2C[C@H](CO)C[C@@H]21. The van der Waals surface area contributed by atoms with Crippen LogP contribution in [0.4, 0.5) is 0 Å². The highest BCUT2D eigenvalue weighted by Gasteiger charge is 2.43. The van der Waals surface area contributed by atoms with Gasteiger partial charge in [-0.15, -0.1) is 0 Å². The molecular weight excluding hydrogens is 250 g/mol. The Morgan fingerprint density at radius 1 is 1.47 bits per heavy atom. The number of rotatable bonds is 2. The molecule has 1 saturated heterocycles. The van der Waals surface area contributed by atoms with E-state index in [9.17, 15) is 9.90 Å². The standard InChI is InChI=1S/C12H17N3O4/c1-7-11(14-19-13-7)12(17)15-2-3-18-10-5-8(6-16)4-9(10)15/h8-10,16H,2-6H2,1H3/t8-,9+,10+/m1/s1. The van der Waals surface area contributed by atoms with E-state index < -0.39 is 0 Å². The van der Waals surface area contributed by atoms with E-state index in [1.165, 1.54) is 0 Å². The maximum absolute atomic E-state index is 12.5. The van der Waals surface area contributed by atoms with E-state index in [2.05, 4.69) is 14.9 Å². The molecule has 1 N–H and O–H groups in total. The van der Waals surface area contributed by atoms with Crippen LogP contribution in [0.1, 0.15) is 29.0 Å². The molecule has 1 saturated carbocycles. The monoisotopic (exact) mass is 267 g/mol. The van der Waals surface area contributed by atoms with Crippen LogP contribution in [0.2, 0.25) is 0 Å². The van der Waals surface area contributed by atoms with Crippen molar-refractivity contribution in [2.24, 2.45) is 5.92 Å². The summed E-state index contributed by atoms with van der Waals surface area (Å²) < 4.78 is 10.3. The average Bonchev–Trinajstić information content (AvgIpc) is 3.02. The molecule has 1 aromatic heterocycles. The van der Waals surface area contributed by atoms with Crippen molar-refractivity contribution in [2.45, 2.75) is 31.9 Å². The molecule has 0 spiro atoms. The molecule has 1 amide bonds. The summed E-state index contributed by atoms with van der Waals surface area (Å²) in [4.78, 5) is 14.3. The number of morpholine rings is 1. The Hall–Kier alpha value is -1.47. The van der Waals surface area contributed by atoms with Crippen molar-refractivity contribution in [3.05, 3.63) is 11.4 Å². The summed E-state index contributed by atoms with van der Waals surface area (Å²) in [5.74, 6) is 0.0515. The van der Waals surface area contributed by atoms with Crippen molar-refractivity contribution in [2.75, 3.05) is 19.8 Å². The number of fused-ring (bicyclic) bond motifs is 1. The summed E-state index contributed by atoms with van der Waals surface area (Å²) in [5.41, 5.74) is 0.776. The molecule has 0 unspecified atom stereocenters. The molecule has 1 aliphatic carbocycles. The Bertz CT molecular complexity index is 475. The van der Waals surface area contributed by atoms with Gasteiger partial charge in [-0.1, -0.05) is 5.16 Å². The van der Waals surface area contributed by atoms with Gasteiger partial charge in [-0.2, -0.15) is 0 Å². The highest BCUT2D eigenvalue weighted by molar-refractivity contribution is 5.93. The van der Waals surface area contributed by atoms with Gasteiger partial charge < -0.3 is 14.7 Å². The molecule has 0 bridgehead atoms. The minimum Gasteiger partial charge on any atom is -0.396 e. The van der Waals surface area contributed by atoms with E-state index in [-0.39, 0.29) is 36.3 Å². The number of aliphatic hydroxyl groups excluding tert-OH is 1. The first kappa shape index (κ1) is 12.6. The number of ether oxygens (including phenoxy) is 1. The van der Waals surface area contributed by atoms with Crippen molar-refractivity contribution in [1.82, 2.24) is 15.2 Å². The van der Waals surface area contributed by atoms with Crippen LogP contribution >= 0.6 is 0 Å². The number of aliphatic hydroxyl groups is 1. The molecule has 7 heteroatoms. The van der Waals surface area contributed by atoms with Gasteiger partial charge in [0.05, 0.1) is 18.8 Å². The van der Waals surface area contributed by atoms with Gasteiger partial charge in [0.15, 0.2) is 5.69 Å². The van der Waals surface area contributed by atoms with Crippen molar-refractivity contribution >= 4 is 5.91 Å². The maximum Gasteiger partial charge on any atom is 0.278 e. The highest BCUT2D eigenvalue weighted by atomic mass is 16.6. The fraction of sp³-hybridized carbons (Fsp3) is 0.750. The van der Waals surface area contributed by atoms with Gasteiger partial charge in [0.2, 0.25) is 0 Å². The molecule has 1 aliphatic heterocycles. The molecular formula is C12H17N3O4. The third kappa shape index (κ3) is 2.12. The van der Waals surface area contributed by atoms with Gasteiger partial charge in [0.25, 0.3) is 5.91 Å². The van der Waals surface area contributed by atoms with Crippen LogP contribution in [0.15, 0.2) is 4.63 Å². The zero-order chi connectivity index (χ0) is 13.4. The first-order valence-electron chi connectivity index (χ1n) is 6.53. The zero-order valence-corrected chi connectivity index (χ0v) is 10.8. The summed E-state index contributed by atoms with van der Waals surface area (Å²) in [6, 6.07) is 0.0227. The Morgan fingerprint density at radius 3 is 3.00 bits per heavy atom. The second-order valence-electron chi connectivity index (χ2n) is 5.19. The van der Waals surface area contributed by atoms with E-state index in [0.29, 0.717) is 18.8 Å². The number of nitrogens with zero attached hydrogens (tertiary/aromatic N) is 3. The third-order valence-corrected chi connectivity index (χ3v) is 4.01. The molecule has 1 aromatic rings. The normalized spacial score (nSPS) is 30.4. The summed E-state index contributed by atoms with van der Waals surface area (Å²) >= 11 is 0. The fourth-order valence-corrected chi connectivity index (χ4v) is 3.01. The lowest BCUT2D eigenvalue weighted by atomic mass is 10.1. The minimum absolute atomic E-state index is 0.0227. The van der Waals surface area contributed by atoms with Crippen LogP contribution in [0.3, 0.4) is 0 Å². The quantitative estimate of drug-likeness (QED) is 0.810. The molecule has 3 rings (SSSR count). The maximum atomic E-state index is 12.5.